The molecular formula is C26H20Cl2N2. The summed E-state index contributed by atoms with van der Waals surface area (Å²) in [4.78, 5) is 0. The standard InChI is InChI=1S/C26H20Cl2N2/c1-16-3-8-20(9-4-16)29-23-10-5-17(2)13-26(23)30-24-11-6-18(27)14-21(24)22-15-19(28)7-12-25(22)30/h3-15,29H,1-2H3. The molecule has 30 heavy (non-hydrogen) atoms. The molecule has 5 aromatic rings. The zero-order chi connectivity index (χ0) is 20.8. The summed E-state index contributed by atoms with van der Waals surface area (Å²) in [7, 11) is 0. The lowest BCUT2D eigenvalue weighted by atomic mass is 10.1. The number of benzene rings is 4. The molecule has 5 rings (SSSR count). The summed E-state index contributed by atoms with van der Waals surface area (Å²) in [6.45, 7) is 4.20. The van der Waals surface area contributed by atoms with Crippen molar-refractivity contribution in [3.8, 4) is 5.69 Å². The molecule has 1 aromatic heterocycles. The highest BCUT2D eigenvalue weighted by Gasteiger charge is 2.16. The maximum atomic E-state index is 6.34. The first-order valence-electron chi connectivity index (χ1n) is 9.83. The van der Waals surface area contributed by atoms with E-state index in [1.165, 1.54) is 11.1 Å². The van der Waals surface area contributed by atoms with E-state index in [9.17, 15) is 0 Å². The van der Waals surface area contributed by atoms with E-state index in [2.05, 4.69) is 78.3 Å². The van der Waals surface area contributed by atoms with Crippen LogP contribution in [-0.4, -0.2) is 4.57 Å². The minimum Gasteiger partial charge on any atom is -0.354 e. The molecule has 0 aliphatic heterocycles. The molecule has 0 aliphatic carbocycles. The Kier molecular flexibility index (Phi) is 4.69. The van der Waals surface area contributed by atoms with E-state index in [0.29, 0.717) is 10.0 Å². The van der Waals surface area contributed by atoms with Crippen molar-refractivity contribution in [1.29, 1.82) is 0 Å². The molecule has 0 saturated heterocycles. The van der Waals surface area contributed by atoms with Crippen molar-refractivity contribution >= 4 is 56.4 Å². The molecular weight excluding hydrogens is 411 g/mol. The van der Waals surface area contributed by atoms with Crippen LogP contribution in [0.4, 0.5) is 11.4 Å². The summed E-state index contributed by atoms with van der Waals surface area (Å²) in [6, 6.07) is 26.9. The van der Waals surface area contributed by atoms with Gasteiger partial charge in [0.05, 0.1) is 22.4 Å². The molecule has 0 atom stereocenters. The molecule has 2 nitrogen and oxygen atoms in total. The highest BCUT2D eigenvalue weighted by molar-refractivity contribution is 6.33. The lowest BCUT2D eigenvalue weighted by molar-refractivity contribution is 1.17. The molecule has 1 heterocycles. The van der Waals surface area contributed by atoms with Crippen molar-refractivity contribution in [2.75, 3.05) is 5.32 Å². The van der Waals surface area contributed by atoms with E-state index in [4.69, 9.17) is 23.2 Å². The van der Waals surface area contributed by atoms with Crippen LogP contribution in [0.15, 0.2) is 78.9 Å². The predicted molar refractivity (Wildman–Crippen MR) is 130 cm³/mol. The number of aromatic nitrogens is 1. The number of anilines is 2. The number of rotatable bonds is 3. The van der Waals surface area contributed by atoms with Gasteiger partial charge in [0.15, 0.2) is 0 Å². The first kappa shape index (κ1) is 19.0. The molecule has 0 radical (unpaired) electrons. The van der Waals surface area contributed by atoms with Crippen LogP contribution in [0.5, 0.6) is 0 Å². The van der Waals surface area contributed by atoms with Crippen molar-refractivity contribution in [2.45, 2.75) is 13.8 Å². The average molecular weight is 431 g/mol. The number of nitrogens with one attached hydrogen (secondary N) is 1. The molecule has 1 N–H and O–H groups in total. The number of nitrogens with zero attached hydrogens (tertiary/aromatic N) is 1. The van der Waals surface area contributed by atoms with Gasteiger partial charge in [-0.1, -0.05) is 47.0 Å². The van der Waals surface area contributed by atoms with Gasteiger partial charge in [-0.05, 0) is 80.1 Å². The molecule has 0 aliphatic rings. The zero-order valence-corrected chi connectivity index (χ0v) is 18.2. The topological polar surface area (TPSA) is 17.0 Å². The van der Waals surface area contributed by atoms with Gasteiger partial charge in [-0.25, -0.2) is 0 Å². The summed E-state index contributed by atoms with van der Waals surface area (Å²) < 4.78 is 2.28. The highest BCUT2D eigenvalue weighted by Crippen LogP contribution is 2.37. The Bertz CT molecular complexity index is 1340. The van der Waals surface area contributed by atoms with Gasteiger partial charge in [0.2, 0.25) is 0 Å². The van der Waals surface area contributed by atoms with Crippen LogP contribution >= 0.6 is 23.2 Å². The maximum Gasteiger partial charge on any atom is 0.0699 e. The van der Waals surface area contributed by atoms with Crippen molar-refractivity contribution in [3.63, 3.8) is 0 Å². The van der Waals surface area contributed by atoms with Gasteiger partial charge in [-0.15, -0.1) is 0 Å². The Morgan fingerprint density at radius 1 is 0.633 bits per heavy atom. The first-order valence-corrected chi connectivity index (χ1v) is 10.6. The second kappa shape index (κ2) is 7.39. The SMILES string of the molecule is Cc1ccc(Nc2ccc(C)cc2-n2c3ccc(Cl)cc3c3cc(Cl)ccc32)cc1. The fraction of sp³-hybridized carbons (Fsp3) is 0.0769. The fourth-order valence-electron chi connectivity index (χ4n) is 3.95. The van der Waals surface area contributed by atoms with Gasteiger partial charge >= 0.3 is 0 Å². The molecule has 0 unspecified atom stereocenters. The molecule has 4 aromatic carbocycles. The summed E-state index contributed by atoms with van der Waals surface area (Å²) in [5, 5.41) is 7.19. The van der Waals surface area contributed by atoms with E-state index in [1.807, 2.05) is 24.3 Å². The number of fused-ring (bicyclic) bond motifs is 3. The van der Waals surface area contributed by atoms with Crippen molar-refractivity contribution in [1.82, 2.24) is 4.57 Å². The summed E-state index contributed by atoms with van der Waals surface area (Å²) in [5.74, 6) is 0. The van der Waals surface area contributed by atoms with Gasteiger partial charge in [-0.3, -0.25) is 0 Å². The Balaban J connectivity index is 1.79. The van der Waals surface area contributed by atoms with Crippen LogP contribution in [0, 0.1) is 13.8 Å². The number of aryl methyl sites for hydroxylation is 2. The third-order valence-corrected chi connectivity index (χ3v) is 5.88. The van der Waals surface area contributed by atoms with Crippen molar-refractivity contribution in [2.24, 2.45) is 0 Å². The minimum absolute atomic E-state index is 0.712. The Morgan fingerprint density at radius 3 is 1.80 bits per heavy atom. The van der Waals surface area contributed by atoms with Gasteiger partial charge in [0.1, 0.15) is 0 Å². The largest absolute Gasteiger partial charge is 0.354 e. The van der Waals surface area contributed by atoms with E-state index in [-0.39, 0.29) is 0 Å². The van der Waals surface area contributed by atoms with Crippen LogP contribution in [0.2, 0.25) is 10.0 Å². The van der Waals surface area contributed by atoms with E-state index >= 15 is 0 Å². The Hall–Kier alpha value is -2.94. The highest BCUT2D eigenvalue weighted by atomic mass is 35.5. The average Bonchev–Trinajstić information content (AvgIpc) is 3.03. The number of hydrogen-bond donors (Lipinski definition) is 1. The van der Waals surface area contributed by atoms with Gasteiger partial charge in [0, 0.05) is 26.5 Å². The monoisotopic (exact) mass is 430 g/mol. The van der Waals surface area contributed by atoms with Crippen molar-refractivity contribution in [3.05, 3.63) is 100 Å². The zero-order valence-electron chi connectivity index (χ0n) is 16.7. The van der Waals surface area contributed by atoms with Gasteiger partial charge in [-0.2, -0.15) is 0 Å². The molecule has 0 saturated carbocycles. The third-order valence-electron chi connectivity index (χ3n) is 5.41. The maximum absolute atomic E-state index is 6.34. The first-order chi connectivity index (χ1) is 14.5. The quantitative estimate of drug-likeness (QED) is 0.303. The summed E-state index contributed by atoms with van der Waals surface area (Å²) in [6.07, 6.45) is 0. The second-order valence-corrected chi connectivity index (χ2v) is 8.54. The normalized spacial score (nSPS) is 11.3. The van der Waals surface area contributed by atoms with Crippen LogP contribution in [0.1, 0.15) is 11.1 Å². The molecule has 0 bridgehead atoms. The van der Waals surface area contributed by atoms with Crippen LogP contribution in [0.25, 0.3) is 27.5 Å². The molecule has 0 spiro atoms. The van der Waals surface area contributed by atoms with Crippen molar-refractivity contribution < 1.29 is 0 Å². The number of hydrogen-bond acceptors (Lipinski definition) is 1. The molecule has 0 fully saturated rings. The lowest BCUT2D eigenvalue weighted by Crippen LogP contribution is -2.01. The van der Waals surface area contributed by atoms with E-state index in [1.54, 1.807) is 0 Å². The predicted octanol–water partition coefficient (Wildman–Crippen LogP) is 8.45. The Morgan fingerprint density at radius 2 is 1.20 bits per heavy atom. The van der Waals surface area contributed by atoms with Crippen LogP contribution in [0.3, 0.4) is 0 Å². The molecule has 4 heteroatoms. The van der Waals surface area contributed by atoms with Crippen LogP contribution < -0.4 is 5.32 Å². The second-order valence-electron chi connectivity index (χ2n) is 7.67. The number of halogens is 2. The smallest absolute Gasteiger partial charge is 0.0699 e. The summed E-state index contributed by atoms with van der Waals surface area (Å²) in [5.41, 5.74) is 7.78. The summed E-state index contributed by atoms with van der Waals surface area (Å²) >= 11 is 12.7. The van der Waals surface area contributed by atoms with Gasteiger partial charge in [0.25, 0.3) is 0 Å². The third kappa shape index (κ3) is 3.32. The fourth-order valence-corrected chi connectivity index (χ4v) is 4.30. The molecule has 0 amide bonds. The van der Waals surface area contributed by atoms with Gasteiger partial charge < -0.3 is 9.88 Å². The van der Waals surface area contributed by atoms with Crippen LogP contribution in [-0.2, 0) is 0 Å². The Labute approximate surface area is 185 Å². The minimum atomic E-state index is 0.712. The van der Waals surface area contributed by atoms with E-state index < -0.39 is 0 Å². The molecule has 148 valence electrons. The lowest BCUT2D eigenvalue weighted by Gasteiger charge is -2.16. The van der Waals surface area contributed by atoms with E-state index in [0.717, 1.165) is 38.9 Å².